The molecule has 2 aromatic heterocycles. The Kier molecular flexibility index (Phi) is 4.43. The third-order valence-corrected chi connectivity index (χ3v) is 5.67. The molecule has 5 rings (SSSR count). The molecule has 1 fully saturated rings. The zero-order valence-electron chi connectivity index (χ0n) is 16.5. The lowest BCUT2D eigenvalue weighted by Crippen LogP contribution is -2.29. The van der Waals surface area contributed by atoms with Crippen LogP contribution in [0, 0.1) is 6.92 Å². The van der Waals surface area contributed by atoms with Crippen molar-refractivity contribution in [2.75, 3.05) is 18.0 Å². The van der Waals surface area contributed by atoms with Gasteiger partial charge in [0.15, 0.2) is 5.65 Å². The van der Waals surface area contributed by atoms with E-state index < -0.39 is 0 Å². The van der Waals surface area contributed by atoms with Crippen LogP contribution in [0.5, 0.6) is 5.75 Å². The normalized spacial score (nSPS) is 14.4. The van der Waals surface area contributed by atoms with Gasteiger partial charge in [-0.3, -0.25) is 0 Å². The molecule has 1 aliphatic heterocycles. The van der Waals surface area contributed by atoms with Gasteiger partial charge in [-0.1, -0.05) is 42.5 Å². The van der Waals surface area contributed by atoms with Crippen LogP contribution in [0.25, 0.3) is 28.0 Å². The summed E-state index contributed by atoms with van der Waals surface area (Å²) >= 11 is 0. The summed E-state index contributed by atoms with van der Waals surface area (Å²) in [4.78, 5) is 7.44. The van der Waals surface area contributed by atoms with E-state index in [9.17, 15) is 5.11 Å². The quantitative estimate of drug-likeness (QED) is 0.536. The van der Waals surface area contributed by atoms with Crippen LogP contribution in [0.3, 0.4) is 0 Å². The maximum Gasteiger partial charge on any atom is 0.179 e. The number of rotatable bonds is 3. The Labute approximate surface area is 170 Å². The molecule has 0 unspecified atom stereocenters. The third kappa shape index (κ3) is 3.23. The molecule has 29 heavy (non-hydrogen) atoms. The number of aryl methyl sites for hydroxylation is 1. The summed E-state index contributed by atoms with van der Waals surface area (Å²) < 4.78 is 1.92. The molecule has 0 atom stereocenters. The maximum atomic E-state index is 9.62. The Morgan fingerprint density at radius 3 is 2.31 bits per heavy atom. The number of nitrogens with zero attached hydrogens (tertiary/aromatic N) is 4. The van der Waals surface area contributed by atoms with Crippen LogP contribution < -0.4 is 4.90 Å². The zero-order valence-corrected chi connectivity index (χ0v) is 16.5. The van der Waals surface area contributed by atoms with Gasteiger partial charge in [-0.25, -0.2) is 9.50 Å². The summed E-state index contributed by atoms with van der Waals surface area (Å²) in [6, 6.07) is 17.6. The van der Waals surface area contributed by atoms with E-state index in [-0.39, 0.29) is 5.75 Å². The smallest absolute Gasteiger partial charge is 0.179 e. The molecule has 0 amide bonds. The maximum absolute atomic E-state index is 9.62. The number of aromatic nitrogens is 3. The standard InChI is InChI=1S/C24H24N4O/c1-17-21(18-10-12-20(29)13-11-18)16-28-24(25-17)23(27-14-6-3-7-15-27)22(26-28)19-8-4-2-5-9-19/h2,4-5,8-13,16,29H,3,6-7,14-15H2,1H3. The highest BCUT2D eigenvalue weighted by molar-refractivity contribution is 5.87. The molecule has 1 saturated heterocycles. The lowest BCUT2D eigenvalue weighted by atomic mass is 10.1. The second-order valence-electron chi connectivity index (χ2n) is 7.67. The second-order valence-corrected chi connectivity index (χ2v) is 7.67. The first-order valence-electron chi connectivity index (χ1n) is 10.2. The minimum absolute atomic E-state index is 0.262. The number of hydrogen-bond acceptors (Lipinski definition) is 4. The Morgan fingerprint density at radius 1 is 0.862 bits per heavy atom. The van der Waals surface area contributed by atoms with E-state index in [0.29, 0.717) is 0 Å². The van der Waals surface area contributed by atoms with Crippen LogP contribution in [0.2, 0.25) is 0 Å². The Bertz CT molecular complexity index is 1140. The molecular formula is C24H24N4O. The van der Waals surface area contributed by atoms with Crippen LogP contribution in [0.1, 0.15) is 25.0 Å². The topological polar surface area (TPSA) is 53.7 Å². The van der Waals surface area contributed by atoms with E-state index in [2.05, 4.69) is 35.4 Å². The van der Waals surface area contributed by atoms with E-state index in [1.165, 1.54) is 19.3 Å². The number of anilines is 1. The molecule has 0 spiro atoms. The van der Waals surface area contributed by atoms with Crippen LogP contribution in [-0.2, 0) is 0 Å². The van der Waals surface area contributed by atoms with E-state index in [1.807, 2.05) is 29.6 Å². The van der Waals surface area contributed by atoms with Crippen molar-refractivity contribution < 1.29 is 5.11 Å². The van der Waals surface area contributed by atoms with Gasteiger partial charge in [0, 0.05) is 36.1 Å². The number of fused-ring (bicyclic) bond motifs is 1. The average Bonchev–Trinajstić information content (AvgIpc) is 3.13. The zero-order chi connectivity index (χ0) is 19.8. The molecule has 0 radical (unpaired) electrons. The monoisotopic (exact) mass is 384 g/mol. The van der Waals surface area contributed by atoms with Crippen molar-refractivity contribution in [3.8, 4) is 28.1 Å². The predicted molar refractivity (Wildman–Crippen MR) is 116 cm³/mol. The Morgan fingerprint density at radius 2 is 1.59 bits per heavy atom. The molecular weight excluding hydrogens is 360 g/mol. The molecule has 146 valence electrons. The molecule has 0 saturated carbocycles. The number of hydrogen-bond donors (Lipinski definition) is 1. The van der Waals surface area contributed by atoms with Crippen molar-refractivity contribution in [1.29, 1.82) is 0 Å². The van der Waals surface area contributed by atoms with Gasteiger partial charge in [-0.15, -0.1) is 0 Å². The molecule has 0 aliphatic carbocycles. The van der Waals surface area contributed by atoms with Gasteiger partial charge in [0.05, 0.1) is 0 Å². The minimum Gasteiger partial charge on any atom is -0.508 e. The molecule has 4 aromatic rings. The van der Waals surface area contributed by atoms with Crippen molar-refractivity contribution in [3.05, 3.63) is 66.5 Å². The Hall–Kier alpha value is -3.34. The third-order valence-electron chi connectivity index (χ3n) is 5.67. The molecule has 5 heteroatoms. The summed E-state index contributed by atoms with van der Waals surface area (Å²) in [6.45, 7) is 4.13. The van der Waals surface area contributed by atoms with E-state index >= 15 is 0 Å². The van der Waals surface area contributed by atoms with Crippen LogP contribution in [0.4, 0.5) is 5.69 Å². The number of phenols is 1. The van der Waals surface area contributed by atoms with Gasteiger partial charge in [-0.05, 0) is 43.9 Å². The number of benzene rings is 2. The largest absolute Gasteiger partial charge is 0.508 e. The van der Waals surface area contributed by atoms with Gasteiger partial charge in [0.1, 0.15) is 17.1 Å². The van der Waals surface area contributed by atoms with Crippen molar-refractivity contribution >= 4 is 11.3 Å². The number of phenolic OH excluding ortho intramolecular Hbond substituents is 1. The van der Waals surface area contributed by atoms with Crippen molar-refractivity contribution in [2.45, 2.75) is 26.2 Å². The predicted octanol–water partition coefficient (Wildman–Crippen LogP) is 5.07. The fourth-order valence-corrected chi connectivity index (χ4v) is 4.17. The van der Waals surface area contributed by atoms with Gasteiger partial charge in [0.25, 0.3) is 0 Å². The molecule has 5 nitrogen and oxygen atoms in total. The van der Waals surface area contributed by atoms with Crippen LogP contribution in [-0.4, -0.2) is 32.8 Å². The summed E-state index contributed by atoms with van der Waals surface area (Å²) in [5.41, 5.74) is 7.14. The van der Waals surface area contributed by atoms with Crippen molar-refractivity contribution in [1.82, 2.24) is 14.6 Å². The summed E-state index contributed by atoms with van der Waals surface area (Å²) in [7, 11) is 0. The number of aromatic hydroxyl groups is 1. The lowest BCUT2D eigenvalue weighted by molar-refractivity contribution is 0.475. The summed E-state index contributed by atoms with van der Waals surface area (Å²) in [5.74, 6) is 0.262. The highest BCUT2D eigenvalue weighted by atomic mass is 16.3. The average molecular weight is 384 g/mol. The molecule has 0 bridgehead atoms. The summed E-state index contributed by atoms with van der Waals surface area (Å²) in [6.07, 6.45) is 5.75. The first-order chi connectivity index (χ1) is 14.2. The van der Waals surface area contributed by atoms with E-state index in [4.69, 9.17) is 10.1 Å². The van der Waals surface area contributed by atoms with Crippen LogP contribution >= 0.6 is 0 Å². The molecule has 3 heterocycles. The van der Waals surface area contributed by atoms with Crippen LogP contribution in [0.15, 0.2) is 60.8 Å². The number of piperidine rings is 1. The van der Waals surface area contributed by atoms with Gasteiger partial charge < -0.3 is 10.0 Å². The van der Waals surface area contributed by atoms with E-state index in [0.717, 1.165) is 52.5 Å². The minimum atomic E-state index is 0.262. The lowest BCUT2D eigenvalue weighted by Gasteiger charge is -2.28. The highest BCUT2D eigenvalue weighted by Gasteiger charge is 2.23. The van der Waals surface area contributed by atoms with Gasteiger partial charge in [0.2, 0.25) is 0 Å². The van der Waals surface area contributed by atoms with E-state index in [1.54, 1.807) is 12.1 Å². The first-order valence-corrected chi connectivity index (χ1v) is 10.2. The Balaban J connectivity index is 1.72. The molecule has 1 N–H and O–H groups in total. The SMILES string of the molecule is Cc1nc2c(N3CCCCC3)c(-c3ccccc3)nn2cc1-c1ccc(O)cc1. The second kappa shape index (κ2) is 7.24. The summed E-state index contributed by atoms with van der Waals surface area (Å²) in [5, 5.41) is 14.6. The fourth-order valence-electron chi connectivity index (χ4n) is 4.17. The van der Waals surface area contributed by atoms with Gasteiger partial charge >= 0.3 is 0 Å². The molecule has 2 aromatic carbocycles. The molecule has 1 aliphatic rings. The van der Waals surface area contributed by atoms with Gasteiger partial charge in [-0.2, -0.15) is 5.10 Å². The fraction of sp³-hybridized carbons (Fsp3) is 0.250. The first kappa shape index (κ1) is 17.7. The highest BCUT2D eigenvalue weighted by Crippen LogP contribution is 2.36. The van der Waals surface area contributed by atoms with Crippen molar-refractivity contribution in [2.24, 2.45) is 0 Å². The van der Waals surface area contributed by atoms with Crippen molar-refractivity contribution in [3.63, 3.8) is 0 Å².